The SMILES string of the molecule is N#Cc1ccc(-c2c(C#N)cccc2-n2c3ccccc3c3ccccc32)cc1-c1cccc(-n2c3ccccc3c3ccccc32)c1. The molecule has 48 heavy (non-hydrogen) atoms. The summed E-state index contributed by atoms with van der Waals surface area (Å²) in [5, 5.41) is 25.4. The molecule has 2 heterocycles. The topological polar surface area (TPSA) is 57.4 Å². The second-order valence-corrected chi connectivity index (χ2v) is 12.0. The number of hydrogen-bond acceptors (Lipinski definition) is 2. The van der Waals surface area contributed by atoms with E-state index in [1.807, 2.05) is 24.3 Å². The quantitative estimate of drug-likeness (QED) is 0.199. The van der Waals surface area contributed by atoms with Gasteiger partial charge < -0.3 is 9.13 Å². The van der Waals surface area contributed by atoms with Crippen LogP contribution in [0.4, 0.5) is 0 Å². The molecule has 2 aromatic heterocycles. The number of fused-ring (bicyclic) bond motifs is 6. The number of rotatable bonds is 4. The average Bonchev–Trinajstić information content (AvgIpc) is 3.67. The molecule has 0 spiro atoms. The van der Waals surface area contributed by atoms with Gasteiger partial charge in [-0.25, -0.2) is 0 Å². The minimum atomic E-state index is 0.573. The molecule has 0 saturated heterocycles. The van der Waals surface area contributed by atoms with Crippen molar-refractivity contribution in [3.63, 3.8) is 0 Å². The molecule has 0 fully saturated rings. The third-order valence-corrected chi connectivity index (χ3v) is 9.41. The number of benzene rings is 7. The van der Waals surface area contributed by atoms with Crippen LogP contribution < -0.4 is 0 Å². The first-order valence-corrected chi connectivity index (χ1v) is 15.9. The molecule has 222 valence electrons. The molecule has 0 aliphatic carbocycles. The van der Waals surface area contributed by atoms with E-state index in [-0.39, 0.29) is 0 Å². The normalized spacial score (nSPS) is 11.3. The van der Waals surface area contributed by atoms with Crippen LogP contribution >= 0.6 is 0 Å². The standard InChI is InChI=1S/C44H26N4/c45-27-31-24-23-30(44-32(28-46)12-10-22-43(44)48-41-20-7-3-16-36(41)37-17-4-8-21-42(37)48)26-38(31)29-11-9-13-33(25-29)47-39-18-5-1-14-34(39)35-15-2-6-19-40(35)47/h1-26H. The summed E-state index contributed by atoms with van der Waals surface area (Å²) < 4.78 is 4.54. The van der Waals surface area contributed by atoms with Gasteiger partial charge in [0.2, 0.25) is 0 Å². The molecular formula is C44H26N4. The maximum absolute atomic E-state index is 10.4. The molecule has 4 nitrogen and oxygen atoms in total. The van der Waals surface area contributed by atoms with E-state index >= 15 is 0 Å². The lowest BCUT2D eigenvalue weighted by Gasteiger charge is -2.17. The van der Waals surface area contributed by atoms with Crippen molar-refractivity contribution in [3.8, 4) is 45.8 Å². The van der Waals surface area contributed by atoms with Gasteiger partial charge in [-0.3, -0.25) is 0 Å². The van der Waals surface area contributed by atoms with Gasteiger partial charge in [0.15, 0.2) is 0 Å². The molecule has 0 atom stereocenters. The van der Waals surface area contributed by atoms with Crippen LogP contribution in [-0.2, 0) is 0 Å². The van der Waals surface area contributed by atoms with Crippen molar-refractivity contribution in [2.45, 2.75) is 0 Å². The monoisotopic (exact) mass is 610 g/mol. The zero-order chi connectivity index (χ0) is 32.2. The van der Waals surface area contributed by atoms with E-state index in [1.54, 1.807) is 0 Å². The summed E-state index contributed by atoms with van der Waals surface area (Å²) in [7, 11) is 0. The predicted molar refractivity (Wildman–Crippen MR) is 195 cm³/mol. The van der Waals surface area contributed by atoms with Gasteiger partial charge in [0.25, 0.3) is 0 Å². The summed E-state index contributed by atoms with van der Waals surface area (Å²) in [6.07, 6.45) is 0. The number of nitrogens with zero attached hydrogens (tertiary/aromatic N) is 4. The lowest BCUT2D eigenvalue weighted by molar-refractivity contribution is 1.18. The Kier molecular flexibility index (Phi) is 6.22. The Labute approximate surface area is 277 Å². The summed E-state index contributed by atoms with van der Waals surface area (Å²) in [4.78, 5) is 0. The molecule has 0 unspecified atom stereocenters. The fraction of sp³-hybridized carbons (Fsp3) is 0. The van der Waals surface area contributed by atoms with Crippen molar-refractivity contribution in [1.29, 1.82) is 10.5 Å². The first-order valence-electron chi connectivity index (χ1n) is 15.9. The van der Waals surface area contributed by atoms with E-state index in [2.05, 4.69) is 155 Å². The first-order chi connectivity index (χ1) is 23.7. The van der Waals surface area contributed by atoms with Gasteiger partial charge in [0.05, 0.1) is 51.0 Å². The Morgan fingerprint density at radius 3 is 1.48 bits per heavy atom. The summed E-state index contributed by atoms with van der Waals surface area (Å²) >= 11 is 0. The Balaban J connectivity index is 1.27. The fourth-order valence-corrected chi connectivity index (χ4v) is 7.35. The van der Waals surface area contributed by atoms with Gasteiger partial charge in [0, 0.05) is 38.4 Å². The van der Waals surface area contributed by atoms with Crippen LogP contribution in [0.2, 0.25) is 0 Å². The molecule has 9 rings (SSSR count). The van der Waals surface area contributed by atoms with Crippen molar-refractivity contribution in [1.82, 2.24) is 9.13 Å². The van der Waals surface area contributed by atoms with Gasteiger partial charge in [0.1, 0.15) is 0 Å². The molecule has 0 N–H and O–H groups in total. The minimum absolute atomic E-state index is 0.573. The van der Waals surface area contributed by atoms with Crippen LogP contribution in [0.1, 0.15) is 11.1 Å². The van der Waals surface area contributed by atoms with Gasteiger partial charge in [-0.1, -0.05) is 97.1 Å². The van der Waals surface area contributed by atoms with Crippen LogP contribution in [0.25, 0.3) is 77.2 Å². The minimum Gasteiger partial charge on any atom is -0.309 e. The Bertz CT molecular complexity index is 2710. The van der Waals surface area contributed by atoms with E-state index in [0.717, 1.165) is 66.5 Å². The Morgan fingerprint density at radius 1 is 0.396 bits per heavy atom. The van der Waals surface area contributed by atoms with E-state index in [1.165, 1.54) is 10.8 Å². The zero-order valence-corrected chi connectivity index (χ0v) is 25.8. The number of hydrogen-bond donors (Lipinski definition) is 0. The molecular weight excluding hydrogens is 585 g/mol. The highest BCUT2D eigenvalue weighted by Gasteiger charge is 2.20. The van der Waals surface area contributed by atoms with E-state index in [0.29, 0.717) is 11.1 Å². The third kappa shape index (κ3) is 4.07. The second kappa shape index (κ2) is 10.9. The molecule has 0 aliphatic rings. The van der Waals surface area contributed by atoms with Crippen molar-refractivity contribution in [2.75, 3.05) is 0 Å². The highest BCUT2D eigenvalue weighted by Crippen LogP contribution is 2.40. The lowest BCUT2D eigenvalue weighted by atomic mass is 9.92. The van der Waals surface area contributed by atoms with Gasteiger partial charge in [-0.15, -0.1) is 0 Å². The highest BCUT2D eigenvalue weighted by atomic mass is 15.0. The van der Waals surface area contributed by atoms with E-state index < -0.39 is 0 Å². The summed E-state index contributed by atoms with van der Waals surface area (Å²) in [6, 6.07) is 58.8. The van der Waals surface area contributed by atoms with Crippen LogP contribution in [0, 0.1) is 22.7 Å². The van der Waals surface area contributed by atoms with Gasteiger partial charge in [-0.05, 0) is 71.8 Å². The van der Waals surface area contributed by atoms with Crippen LogP contribution in [-0.4, -0.2) is 9.13 Å². The first kappa shape index (κ1) is 27.4. The Morgan fingerprint density at radius 2 is 0.917 bits per heavy atom. The lowest BCUT2D eigenvalue weighted by Crippen LogP contribution is -2.00. The second-order valence-electron chi connectivity index (χ2n) is 12.0. The smallest absolute Gasteiger partial charge is 0.0998 e. The van der Waals surface area contributed by atoms with E-state index in [9.17, 15) is 10.5 Å². The predicted octanol–water partition coefficient (Wildman–Crippen LogP) is 11.0. The highest BCUT2D eigenvalue weighted by molar-refractivity contribution is 6.10. The Hall–Kier alpha value is -6.88. The molecule has 0 radical (unpaired) electrons. The van der Waals surface area contributed by atoms with Crippen molar-refractivity contribution >= 4 is 43.6 Å². The van der Waals surface area contributed by atoms with Crippen LogP contribution in [0.15, 0.2) is 158 Å². The average molecular weight is 611 g/mol. The van der Waals surface area contributed by atoms with Crippen LogP contribution in [0.3, 0.4) is 0 Å². The number of para-hydroxylation sites is 4. The summed E-state index contributed by atoms with van der Waals surface area (Å²) in [5.41, 5.74) is 10.9. The summed E-state index contributed by atoms with van der Waals surface area (Å²) in [5.74, 6) is 0. The number of nitriles is 2. The number of aromatic nitrogens is 2. The summed E-state index contributed by atoms with van der Waals surface area (Å²) in [6.45, 7) is 0. The van der Waals surface area contributed by atoms with Crippen molar-refractivity contribution < 1.29 is 0 Å². The molecule has 7 aromatic carbocycles. The largest absolute Gasteiger partial charge is 0.309 e. The zero-order valence-electron chi connectivity index (χ0n) is 25.8. The fourth-order valence-electron chi connectivity index (χ4n) is 7.35. The molecule has 0 amide bonds. The molecule has 0 aliphatic heterocycles. The molecule has 4 heteroatoms. The maximum Gasteiger partial charge on any atom is 0.0998 e. The third-order valence-electron chi connectivity index (χ3n) is 9.41. The van der Waals surface area contributed by atoms with Gasteiger partial charge >= 0.3 is 0 Å². The van der Waals surface area contributed by atoms with Crippen molar-refractivity contribution in [3.05, 3.63) is 169 Å². The van der Waals surface area contributed by atoms with Crippen molar-refractivity contribution in [2.24, 2.45) is 0 Å². The maximum atomic E-state index is 10.4. The molecule has 0 bridgehead atoms. The molecule has 0 saturated carbocycles. The molecule has 9 aromatic rings. The van der Waals surface area contributed by atoms with Gasteiger partial charge in [-0.2, -0.15) is 10.5 Å². The van der Waals surface area contributed by atoms with E-state index in [4.69, 9.17) is 0 Å². The van der Waals surface area contributed by atoms with Crippen LogP contribution in [0.5, 0.6) is 0 Å².